The molecule has 0 aliphatic heterocycles. The minimum Gasteiger partial charge on any atom is -0.490 e. The van der Waals surface area contributed by atoms with Gasteiger partial charge in [0.25, 0.3) is 0 Å². The van der Waals surface area contributed by atoms with Gasteiger partial charge in [-0.1, -0.05) is 37.3 Å². The van der Waals surface area contributed by atoms with E-state index in [4.69, 9.17) is 28.0 Å². The largest absolute Gasteiger partial charge is 0.490 e. The molecule has 0 bridgehead atoms. The van der Waals surface area contributed by atoms with Crippen molar-refractivity contribution < 1.29 is 4.74 Å². The fourth-order valence-corrected chi connectivity index (χ4v) is 1.43. The van der Waals surface area contributed by atoms with Gasteiger partial charge in [-0.25, -0.2) is 0 Å². The van der Waals surface area contributed by atoms with Gasteiger partial charge < -0.3 is 10.5 Å². The highest BCUT2D eigenvalue weighted by atomic mass is 32.1. The van der Waals surface area contributed by atoms with Gasteiger partial charge in [0.2, 0.25) is 0 Å². The molecule has 0 heterocycles. The maximum atomic E-state index is 8.95. The minimum absolute atomic E-state index is 0.0934. The number of para-hydroxylation sites is 1. The second-order valence-corrected chi connectivity index (χ2v) is 4.35. The standard InChI is InChI=1S/C14H16N2OS/c1-3-10(2)17-13-7-5-4-6-11(13)8-12(9-15)14(16)18/h4-8,10H,3H2,1-2H3,(H2,16,18)/b12-8+/t10-/m0/s1. The first-order valence-corrected chi connectivity index (χ1v) is 6.16. The summed E-state index contributed by atoms with van der Waals surface area (Å²) in [6.07, 6.45) is 2.69. The third kappa shape index (κ3) is 3.86. The summed E-state index contributed by atoms with van der Waals surface area (Å²) in [5, 5.41) is 8.95. The summed E-state index contributed by atoms with van der Waals surface area (Å²) >= 11 is 4.82. The Morgan fingerprint density at radius 1 is 1.56 bits per heavy atom. The second kappa shape index (κ2) is 6.77. The molecule has 2 N–H and O–H groups in total. The van der Waals surface area contributed by atoms with Gasteiger partial charge in [-0.2, -0.15) is 5.26 Å². The van der Waals surface area contributed by atoms with Gasteiger partial charge in [0.05, 0.1) is 11.7 Å². The van der Waals surface area contributed by atoms with Crippen LogP contribution in [0.5, 0.6) is 5.75 Å². The first-order valence-electron chi connectivity index (χ1n) is 5.75. The van der Waals surface area contributed by atoms with E-state index in [9.17, 15) is 0 Å². The number of rotatable bonds is 5. The van der Waals surface area contributed by atoms with E-state index >= 15 is 0 Å². The topological polar surface area (TPSA) is 59.0 Å². The molecule has 0 aliphatic carbocycles. The molecule has 1 aromatic carbocycles. The van der Waals surface area contributed by atoms with Crippen molar-refractivity contribution in [1.82, 2.24) is 0 Å². The summed E-state index contributed by atoms with van der Waals surface area (Å²) in [5.41, 5.74) is 6.56. The van der Waals surface area contributed by atoms with Gasteiger partial charge in [-0.05, 0) is 25.5 Å². The van der Waals surface area contributed by atoms with Crippen molar-refractivity contribution in [2.24, 2.45) is 5.73 Å². The quantitative estimate of drug-likeness (QED) is 0.502. The summed E-state index contributed by atoms with van der Waals surface area (Å²) in [6, 6.07) is 9.49. The van der Waals surface area contributed by atoms with Crippen molar-refractivity contribution >= 4 is 23.3 Å². The lowest BCUT2D eigenvalue weighted by Crippen LogP contribution is -2.11. The van der Waals surface area contributed by atoms with Crippen LogP contribution in [0.25, 0.3) is 6.08 Å². The van der Waals surface area contributed by atoms with E-state index < -0.39 is 0 Å². The van der Waals surface area contributed by atoms with E-state index in [0.29, 0.717) is 0 Å². The Balaban J connectivity index is 3.10. The monoisotopic (exact) mass is 260 g/mol. The first-order chi connectivity index (χ1) is 8.58. The Kier molecular flexibility index (Phi) is 5.34. The number of hydrogen-bond donors (Lipinski definition) is 1. The van der Waals surface area contributed by atoms with Crippen molar-refractivity contribution in [3.63, 3.8) is 0 Å². The van der Waals surface area contributed by atoms with Crippen LogP contribution in [0.3, 0.4) is 0 Å². The molecule has 4 heteroatoms. The fraction of sp³-hybridized carbons (Fsp3) is 0.286. The molecule has 0 radical (unpaired) electrons. The molecular weight excluding hydrogens is 244 g/mol. The third-order valence-corrected chi connectivity index (χ3v) is 2.73. The van der Waals surface area contributed by atoms with Crippen LogP contribution in [-0.2, 0) is 0 Å². The van der Waals surface area contributed by atoms with E-state index in [0.717, 1.165) is 17.7 Å². The predicted molar refractivity (Wildman–Crippen MR) is 77.2 cm³/mol. The molecule has 1 aromatic rings. The third-order valence-electron chi connectivity index (χ3n) is 2.51. The molecule has 1 atom stereocenters. The average Bonchev–Trinajstić information content (AvgIpc) is 2.37. The molecule has 0 aromatic heterocycles. The number of benzene rings is 1. The van der Waals surface area contributed by atoms with E-state index in [1.807, 2.05) is 37.3 Å². The Hall–Kier alpha value is -1.86. The van der Waals surface area contributed by atoms with Crippen LogP contribution >= 0.6 is 12.2 Å². The van der Waals surface area contributed by atoms with Crippen molar-refractivity contribution in [2.45, 2.75) is 26.4 Å². The SMILES string of the molecule is CC[C@H](C)Oc1ccccc1/C=C(\C#N)C(N)=S. The zero-order chi connectivity index (χ0) is 13.5. The summed E-state index contributed by atoms with van der Waals surface area (Å²) in [4.78, 5) is 0.0934. The molecule has 3 nitrogen and oxygen atoms in total. The number of ether oxygens (including phenoxy) is 1. The highest BCUT2D eigenvalue weighted by Crippen LogP contribution is 2.22. The van der Waals surface area contributed by atoms with Crippen LogP contribution in [0.15, 0.2) is 29.8 Å². The van der Waals surface area contributed by atoms with Crippen LogP contribution in [0.1, 0.15) is 25.8 Å². The molecular formula is C14H16N2OS. The van der Waals surface area contributed by atoms with Gasteiger partial charge in [-0.3, -0.25) is 0 Å². The van der Waals surface area contributed by atoms with Crippen LogP contribution in [0.4, 0.5) is 0 Å². The summed E-state index contributed by atoms with van der Waals surface area (Å²) < 4.78 is 5.78. The number of hydrogen-bond acceptors (Lipinski definition) is 3. The second-order valence-electron chi connectivity index (χ2n) is 3.91. The number of thiocarbonyl (C=S) groups is 1. The van der Waals surface area contributed by atoms with E-state index in [-0.39, 0.29) is 16.7 Å². The zero-order valence-corrected chi connectivity index (χ0v) is 11.3. The van der Waals surface area contributed by atoms with E-state index in [2.05, 4.69) is 6.92 Å². The van der Waals surface area contributed by atoms with Crippen molar-refractivity contribution in [3.8, 4) is 11.8 Å². The molecule has 0 amide bonds. The van der Waals surface area contributed by atoms with E-state index in [1.54, 1.807) is 6.08 Å². The summed E-state index contributed by atoms with van der Waals surface area (Å²) in [6.45, 7) is 4.05. The van der Waals surface area contributed by atoms with Crippen LogP contribution in [-0.4, -0.2) is 11.1 Å². The maximum Gasteiger partial charge on any atom is 0.126 e. The molecule has 0 unspecified atom stereocenters. The van der Waals surface area contributed by atoms with Gasteiger partial charge >= 0.3 is 0 Å². The molecule has 0 fully saturated rings. The molecule has 18 heavy (non-hydrogen) atoms. The van der Waals surface area contributed by atoms with Gasteiger partial charge in [0.1, 0.15) is 16.8 Å². The first kappa shape index (κ1) is 14.2. The minimum atomic E-state index is 0.0934. The van der Waals surface area contributed by atoms with Gasteiger partial charge in [0, 0.05) is 5.56 Å². The Morgan fingerprint density at radius 2 is 2.22 bits per heavy atom. The lowest BCUT2D eigenvalue weighted by atomic mass is 10.1. The van der Waals surface area contributed by atoms with Crippen molar-refractivity contribution in [1.29, 1.82) is 5.26 Å². The lowest BCUT2D eigenvalue weighted by molar-refractivity contribution is 0.217. The highest BCUT2D eigenvalue weighted by Gasteiger charge is 2.07. The molecule has 0 saturated heterocycles. The number of nitrogens with two attached hydrogens (primary N) is 1. The number of nitrogens with zero attached hydrogens (tertiary/aromatic N) is 1. The highest BCUT2D eigenvalue weighted by molar-refractivity contribution is 7.80. The lowest BCUT2D eigenvalue weighted by Gasteiger charge is -2.14. The Labute approximate surface area is 113 Å². The Bertz CT molecular complexity index is 503. The number of nitriles is 1. The average molecular weight is 260 g/mol. The summed E-state index contributed by atoms with van der Waals surface area (Å²) in [7, 11) is 0. The summed E-state index contributed by atoms with van der Waals surface area (Å²) in [5.74, 6) is 0.732. The smallest absolute Gasteiger partial charge is 0.126 e. The van der Waals surface area contributed by atoms with Gasteiger partial charge in [-0.15, -0.1) is 0 Å². The maximum absolute atomic E-state index is 8.95. The van der Waals surface area contributed by atoms with Crippen molar-refractivity contribution in [3.05, 3.63) is 35.4 Å². The van der Waals surface area contributed by atoms with Crippen LogP contribution in [0.2, 0.25) is 0 Å². The molecule has 0 saturated carbocycles. The van der Waals surface area contributed by atoms with Crippen LogP contribution < -0.4 is 10.5 Å². The molecule has 1 rings (SSSR count). The Morgan fingerprint density at radius 3 is 2.78 bits per heavy atom. The van der Waals surface area contributed by atoms with Gasteiger partial charge in [0.15, 0.2) is 0 Å². The molecule has 0 aliphatic rings. The predicted octanol–water partition coefficient (Wildman–Crippen LogP) is 3.06. The van der Waals surface area contributed by atoms with Crippen LogP contribution in [0, 0.1) is 11.3 Å². The molecule has 0 spiro atoms. The molecule has 94 valence electrons. The normalized spacial score (nSPS) is 12.6. The fourth-order valence-electron chi connectivity index (χ4n) is 1.32. The van der Waals surface area contributed by atoms with E-state index in [1.165, 1.54) is 0 Å². The zero-order valence-electron chi connectivity index (χ0n) is 10.5. The van der Waals surface area contributed by atoms with Crippen molar-refractivity contribution in [2.75, 3.05) is 0 Å².